The van der Waals surface area contributed by atoms with Gasteiger partial charge < -0.3 is 0 Å². The molecule has 2 aliphatic rings. The molecule has 2 saturated carbocycles. The molecule has 0 heteroatoms. The molecular formula is C26H48. The normalized spacial score (nSPS) is 34.0. The van der Waals surface area contributed by atoms with Crippen molar-refractivity contribution < 1.29 is 1.43 Å². The zero-order valence-electron chi connectivity index (χ0n) is 19.0. The summed E-state index contributed by atoms with van der Waals surface area (Å²) in [6.07, 6.45) is 9.00. The molecule has 0 unspecified atom stereocenters. The van der Waals surface area contributed by atoms with Crippen LogP contribution in [0.4, 0.5) is 0 Å². The Morgan fingerprint density at radius 1 is 0.462 bits per heavy atom. The molecule has 0 saturated heterocycles. The Bertz CT molecular complexity index is 382. The molecular weight excluding hydrogens is 312 g/mol. The zero-order valence-corrected chi connectivity index (χ0v) is 19.0. The van der Waals surface area contributed by atoms with E-state index in [1.165, 1.54) is 49.7 Å². The van der Waals surface area contributed by atoms with E-state index in [1.54, 1.807) is 0 Å². The number of aryl methyl sites for hydroxylation is 2. The second-order valence-electron chi connectivity index (χ2n) is 9.43. The van der Waals surface area contributed by atoms with E-state index in [0.29, 0.717) is 0 Å². The van der Waals surface area contributed by atoms with Gasteiger partial charge in [0.25, 0.3) is 0 Å². The summed E-state index contributed by atoms with van der Waals surface area (Å²) in [5, 5.41) is 0. The molecule has 0 spiro atoms. The molecule has 0 aromatic heterocycles. The van der Waals surface area contributed by atoms with Crippen LogP contribution in [0.5, 0.6) is 0 Å². The van der Waals surface area contributed by atoms with Gasteiger partial charge in [-0.2, -0.15) is 0 Å². The van der Waals surface area contributed by atoms with Crippen molar-refractivity contribution in [3.8, 4) is 0 Å². The first-order valence-corrected chi connectivity index (χ1v) is 11.3. The van der Waals surface area contributed by atoms with Crippen LogP contribution >= 0.6 is 0 Å². The van der Waals surface area contributed by atoms with Crippen molar-refractivity contribution in [3.63, 3.8) is 0 Å². The second-order valence-corrected chi connectivity index (χ2v) is 9.43. The second kappa shape index (κ2) is 11.8. The van der Waals surface area contributed by atoms with Crippen molar-refractivity contribution in [1.82, 2.24) is 0 Å². The molecule has 1 aromatic carbocycles. The first-order valence-electron chi connectivity index (χ1n) is 11.3. The number of benzene rings is 1. The van der Waals surface area contributed by atoms with E-state index in [1.807, 2.05) is 0 Å². The highest BCUT2D eigenvalue weighted by Crippen LogP contribution is 2.44. The van der Waals surface area contributed by atoms with Crippen LogP contribution in [-0.2, 0) is 0 Å². The van der Waals surface area contributed by atoms with Gasteiger partial charge in [0, 0.05) is 1.43 Å². The summed E-state index contributed by atoms with van der Waals surface area (Å²) in [5.41, 5.74) is 2.66. The smallest absolute Gasteiger partial charge is 0 e. The van der Waals surface area contributed by atoms with E-state index in [0.717, 1.165) is 35.5 Å². The number of hydrogen-bond donors (Lipinski definition) is 0. The lowest BCUT2D eigenvalue weighted by atomic mass is 9.60. The number of hydrogen-bond acceptors (Lipinski definition) is 0. The molecule has 0 amide bonds. The highest BCUT2D eigenvalue weighted by molar-refractivity contribution is 5.19. The summed E-state index contributed by atoms with van der Waals surface area (Å²) in [5.74, 6) is 5.45. The van der Waals surface area contributed by atoms with Gasteiger partial charge in [-0.15, -0.1) is 0 Å². The summed E-state index contributed by atoms with van der Waals surface area (Å²) in [6.45, 7) is 18.7. The highest BCUT2D eigenvalue weighted by Gasteiger charge is 2.38. The molecule has 0 heterocycles. The molecule has 0 N–H and O–H groups in total. The minimum atomic E-state index is 0. The van der Waals surface area contributed by atoms with Crippen LogP contribution in [0.1, 0.15) is 92.6 Å². The fraction of sp³-hybridized carbons (Fsp3) is 0.769. The predicted octanol–water partition coefficient (Wildman–Crippen LogP) is 8.71. The van der Waals surface area contributed by atoms with E-state index < -0.39 is 0 Å². The average Bonchev–Trinajstić information content (AvgIpc) is 2.68. The quantitative estimate of drug-likeness (QED) is 0.433. The van der Waals surface area contributed by atoms with E-state index >= 15 is 0 Å². The van der Waals surface area contributed by atoms with Crippen LogP contribution in [-0.4, -0.2) is 0 Å². The predicted molar refractivity (Wildman–Crippen MR) is 121 cm³/mol. The summed E-state index contributed by atoms with van der Waals surface area (Å²) in [7, 11) is 0. The summed E-state index contributed by atoms with van der Waals surface area (Å²) >= 11 is 0. The highest BCUT2D eigenvalue weighted by atomic mass is 14.4. The first kappa shape index (κ1) is 23.3. The van der Waals surface area contributed by atoms with Gasteiger partial charge in [0.15, 0.2) is 0 Å². The Morgan fingerprint density at radius 3 is 0.769 bits per heavy atom. The lowest BCUT2D eigenvalue weighted by Crippen LogP contribution is -2.39. The van der Waals surface area contributed by atoms with Crippen molar-refractivity contribution in [1.29, 1.82) is 0 Å². The van der Waals surface area contributed by atoms with Crippen LogP contribution in [0.25, 0.3) is 0 Å². The largest absolute Gasteiger partial charge is 0.0620 e. The van der Waals surface area contributed by atoms with E-state index in [2.05, 4.69) is 79.7 Å². The molecule has 2 aliphatic carbocycles. The third kappa shape index (κ3) is 7.45. The lowest BCUT2D eigenvalue weighted by Gasteiger charge is -2.45. The average molecular weight is 362 g/mol. The SMILES string of the molecule is C1CCCCC1.CC1C(C)C(C)C(C)C(C)C1C.Cc1ccc(C)cc1.[2HH]. The topological polar surface area (TPSA) is 0 Å². The Hall–Kier alpha value is -0.780. The minimum absolute atomic E-state index is 0. The van der Waals surface area contributed by atoms with E-state index in [-0.39, 0.29) is 1.43 Å². The standard InChI is InChI=1S/C12H24.C8H10.C6H12.H2/c1-7-8(2)10(4)12(6)11(5)9(7)3;1-7-3-5-8(2)6-4-7;1-2-4-6-5-3-1;/h7-12H,1-6H3;3-6H,1-2H3;1-6H2;1H/i;;;1+1. The molecule has 152 valence electrons. The summed E-state index contributed by atoms with van der Waals surface area (Å²) < 4.78 is 0. The van der Waals surface area contributed by atoms with Gasteiger partial charge in [0.2, 0.25) is 0 Å². The van der Waals surface area contributed by atoms with Crippen molar-refractivity contribution >= 4 is 0 Å². The van der Waals surface area contributed by atoms with Gasteiger partial charge in [-0.25, -0.2) is 0 Å². The van der Waals surface area contributed by atoms with E-state index in [4.69, 9.17) is 0 Å². The van der Waals surface area contributed by atoms with Gasteiger partial charge in [-0.05, 0) is 49.4 Å². The fourth-order valence-corrected chi connectivity index (χ4v) is 4.57. The maximum Gasteiger partial charge on any atom is 0 e. The van der Waals surface area contributed by atoms with Crippen molar-refractivity contribution in [2.45, 2.75) is 93.9 Å². The van der Waals surface area contributed by atoms with Crippen molar-refractivity contribution in [2.24, 2.45) is 35.5 Å². The molecule has 0 atom stereocenters. The number of rotatable bonds is 0. The van der Waals surface area contributed by atoms with Crippen LogP contribution in [0, 0.1) is 49.4 Å². The maximum atomic E-state index is 2.42. The zero-order chi connectivity index (χ0) is 19.7. The molecule has 26 heavy (non-hydrogen) atoms. The van der Waals surface area contributed by atoms with Crippen LogP contribution < -0.4 is 0 Å². The monoisotopic (exact) mass is 361 g/mol. The van der Waals surface area contributed by atoms with Gasteiger partial charge in [-0.1, -0.05) is 115 Å². The van der Waals surface area contributed by atoms with Gasteiger partial charge in [-0.3, -0.25) is 0 Å². The van der Waals surface area contributed by atoms with Crippen molar-refractivity contribution in [3.05, 3.63) is 35.4 Å². The van der Waals surface area contributed by atoms with Gasteiger partial charge in [0.1, 0.15) is 0 Å². The van der Waals surface area contributed by atoms with Gasteiger partial charge >= 0.3 is 0 Å². The molecule has 0 aliphatic heterocycles. The van der Waals surface area contributed by atoms with Crippen molar-refractivity contribution in [2.75, 3.05) is 0 Å². The lowest BCUT2D eigenvalue weighted by molar-refractivity contribution is 0.0302. The van der Waals surface area contributed by atoms with Gasteiger partial charge in [0.05, 0.1) is 0 Å². The Kier molecular flexibility index (Phi) is 10.6. The Morgan fingerprint density at radius 2 is 0.615 bits per heavy atom. The molecule has 0 nitrogen and oxygen atoms in total. The first-order chi connectivity index (χ1) is 12.3. The summed E-state index contributed by atoms with van der Waals surface area (Å²) in [6, 6.07) is 8.48. The van der Waals surface area contributed by atoms with Crippen LogP contribution in [0.2, 0.25) is 0 Å². The van der Waals surface area contributed by atoms with E-state index in [9.17, 15) is 0 Å². The third-order valence-corrected chi connectivity index (χ3v) is 7.69. The van der Waals surface area contributed by atoms with Crippen LogP contribution in [0.15, 0.2) is 24.3 Å². The Labute approximate surface area is 166 Å². The minimum Gasteiger partial charge on any atom is -0.0620 e. The third-order valence-electron chi connectivity index (χ3n) is 7.69. The molecule has 1 aromatic rings. The molecule has 0 bridgehead atoms. The Balaban J connectivity index is 0.000000392. The fourth-order valence-electron chi connectivity index (χ4n) is 4.57. The van der Waals surface area contributed by atoms with Crippen LogP contribution in [0.3, 0.4) is 0 Å². The molecule has 0 radical (unpaired) electrons. The maximum absolute atomic E-state index is 2.42. The summed E-state index contributed by atoms with van der Waals surface area (Å²) in [4.78, 5) is 0. The molecule has 3 rings (SSSR count). The molecule has 2 fully saturated rings.